The fourth-order valence-corrected chi connectivity index (χ4v) is 3.89. The van der Waals surface area contributed by atoms with Crippen LogP contribution in [0.5, 0.6) is 5.75 Å². The van der Waals surface area contributed by atoms with Crippen molar-refractivity contribution in [3.8, 4) is 5.75 Å². The molecule has 0 radical (unpaired) electrons. The third-order valence-corrected chi connectivity index (χ3v) is 5.50. The van der Waals surface area contributed by atoms with Crippen LogP contribution in [0, 0.1) is 6.92 Å². The second-order valence-electron chi connectivity index (χ2n) is 7.24. The molecule has 1 heterocycles. The Morgan fingerprint density at radius 3 is 2.55 bits per heavy atom. The molecule has 2 aromatic carbocycles. The van der Waals surface area contributed by atoms with E-state index >= 15 is 0 Å². The van der Waals surface area contributed by atoms with E-state index in [1.54, 1.807) is 25.1 Å². The highest BCUT2D eigenvalue weighted by Gasteiger charge is 2.46. The van der Waals surface area contributed by atoms with Gasteiger partial charge in [-0.05, 0) is 49.7 Å². The Balaban J connectivity index is 1.96. The maximum absolute atomic E-state index is 13.3. The number of methoxy groups -OCH3 is 1. The summed E-state index contributed by atoms with van der Waals surface area (Å²) in [4.78, 5) is 52.8. The van der Waals surface area contributed by atoms with Crippen molar-refractivity contribution in [1.82, 2.24) is 10.4 Å². The van der Waals surface area contributed by atoms with Crippen LogP contribution in [-0.2, 0) is 14.4 Å². The summed E-state index contributed by atoms with van der Waals surface area (Å²) >= 11 is 12.0. The van der Waals surface area contributed by atoms with Crippen LogP contribution in [0.4, 0.5) is 5.69 Å². The first kappa shape index (κ1) is 24.3. The Morgan fingerprint density at radius 1 is 1.18 bits per heavy atom. The third-order valence-electron chi connectivity index (χ3n) is 4.95. The van der Waals surface area contributed by atoms with E-state index in [1.165, 1.54) is 37.5 Å². The monoisotopic (exact) mass is 489 g/mol. The molecule has 1 N–H and O–H groups in total. The van der Waals surface area contributed by atoms with Crippen LogP contribution in [0.1, 0.15) is 29.3 Å². The molecular weight excluding hydrogens is 469 g/mol. The molecule has 1 aliphatic heterocycles. The van der Waals surface area contributed by atoms with Crippen molar-refractivity contribution in [3.63, 3.8) is 0 Å². The zero-order valence-electron chi connectivity index (χ0n) is 18.1. The lowest BCUT2D eigenvalue weighted by atomic mass is 10.2. The maximum atomic E-state index is 13.3. The first-order valence-electron chi connectivity index (χ1n) is 9.91. The molecule has 1 aliphatic rings. The van der Waals surface area contributed by atoms with E-state index in [-0.39, 0.29) is 22.7 Å². The Labute approximate surface area is 200 Å². The molecule has 2 aromatic rings. The SMILES string of the molecule is CC=CC(=O)N(NC(=O)c1ccc(Cl)cc1Cl)C1CC(=O)N(c2cc(C)ccc2OC)C1=O. The number of carbonyl (C=O) groups excluding carboxylic acids is 4. The van der Waals surface area contributed by atoms with Crippen LogP contribution in [0.2, 0.25) is 10.0 Å². The van der Waals surface area contributed by atoms with Gasteiger partial charge in [0.25, 0.3) is 17.7 Å². The predicted molar refractivity (Wildman–Crippen MR) is 124 cm³/mol. The zero-order valence-corrected chi connectivity index (χ0v) is 19.6. The van der Waals surface area contributed by atoms with Crippen LogP contribution in [0.3, 0.4) is 0 Å². The lowest BCUT2D eigenvalue weighted by molar-refractivity contribution is -0.137. The van der Waals surface area contributed by atoms with Crippen molar-refractivity contribution in [2.24, 2.45) is 0 Å². The molecule has 8 nitrogen and oxygen atoms in total. The minimum absolute atomic E-state index is 0.0494. The summed E-state index contributed by atoms with van der Waals surface area (Å²) in [5.41, 5.74) is 3.54. The van der Waals surface area contributed by atoms with Gasteiger partial charge in [-0.1, -0.05) is 35.3 Å². The second kappa shape index (κ2) is 10.1. The van der Waals surface area contributed by atoms with Crippen molar-refractivity contribution >= 4 is 52.5 Å². The summed E-state index contributed by atoms with van der Waals surface area (Å²) < 4.78 is 5.30. The van der Waals surface area contributed by atoms with Crippen LogP contribution in [-0.4, -0.2) is 41.8 Å². The van der Waals surface area contributed by atoms with E-state index in [0.717, 1.165) is 15.5 Å². The number of hydrazine groups is 1. The number of anilines is 1. The lowest BCUT2D eigenvalue weighted by Gasteiger charge is -2.27. The molecule has 0 bridgehead atoms. The summed E-state index contributed by atoms with van der Waals surface area (Å²) in [6.07, 6.45) is 2.31. The molecule has 0 saturated carbocycles. The van der Waals surface area contributed by atoms with Gasteiger partial charge in [-0.25, -0.2) is 9.91 Å². The molecule has 1 unspecified atom stereocenters. The Morgan fingerprint density at radius 2 is 1.91 bits per heavy atom. The molecule has 3 rings (SSSR count). The summed E-state index contributed by atoms with van der Waals surface area (Å²) in [6, 6.07) is 8.05. The van der Waals surface area contributed by atoms with E-state index in [9.17, 15) is 19.2 Å². The van der Waals surface area contributed by atoms with Crippen molar-refractivity contribution in [1.29, 1.82) is 0 Å². The highest BCUT2D eigenvalue weighted by Crippen LogP contribution is 2.34. The number of allylic oxidation sites excluding steroid dienone is 1. The molecule has 172 valence electrons. The number of hydrogen-bond acceptors (Lipinski definition) is 5. The van der Waals surface area contributed by atoms with Gasteiger partial charge in [0, 0.05) is 11.1 Å². The predicted octanol–water partition coefficient (Wildman–Crippen LogP) is 3.69. The number of amides is 4. The molecule has 10 heteroatoms. The number of carbonyl (C=O) groups is 4. The van der Waals surface area contributed by atoms with Crippen LogP contribution >= 0.6 is 23.2 Å². The van der Waals surface area contributed by atoms with Crippen LogP contribution < -0.4 is 15.1 Å². The minimum atomic E-state index is -1.26. The molecule has 0 spiro atoms. The van der Waals surface area contributed by atoms with Crippen molar-refractivity contribution in [2.45, 2.75) is 26.3 Å². The normalized spacial score (nSPS) is 15.8. The quantitative estimate of drug-likeness (QED) is 0.392. The summed E-state index contributed by atoms with van der Waals surface area (Å²) in [5.74, 6) is -2.30. The summed E-state index contributed by atoms with van der Waals surface area (Å²) in [6.45, 7) is 3.42. The van der Waals surface area contributed by atoms with E-state index in [2.05, 4.69) is 5.43 Å². The first-order valence-corrected chi connectivity index (χ1v) is 10.7. The smallest absolute Gasteiger partial charge is 0.271 e. The standard InChI is InChI=1S/C23H21Cl2N3O5/c1-4-5-20(29)28(26-22(31)15-8-7-14(24)11-16(15)25)18-12-21(30)27(23(18)32)17-10-13(2)6-9-19(17)33-3/h4-11,18H,12H2,1-3H3,(H,26,31). The zero-order chi connectivity index (χ0) is 24.3. The van der Waals surface area contributed by atoms with Gasteiger partial charge in [-0.3, -0.25) is 24.6 Å². The average Bonchev–Trinajstić information content (AvgIpc) is 3.05. The molecule has 33 heavy (non-hydrogen) atoms. The minimum Gasteiger partial charge on any atom is -0.495 e. The number of nitrogens with one attached hydrogen (secondary N) is 1. The molecule has 1 fully saturated rings. The Hall–Kier alpha value is -3.36. The fraction of sp³-hybridized carbons (Fsp3) is 0.217. The van der Waals surface area contributed by atoms with Crippen molar-refractivity contribution < 1.29 is 23.9 Å². The van der Waals surface area contributed by atoms with Crippen molar-refractivity contribution in [3.05, 3.63) is 69.7 Å². The van der Waals surface area contributed by atoms with Gasteiger partial charge in [-0.15, -0.1) is 0 Å². The average molecular weight is 490 g/mol. The van der Waals surface area contributed by atoms with E-state index < -0.39 is 29.7 Å². The number of benzene rings is 2. The van der Waals surface area contributed by atoms with Gasteiger partial charge in [0.2, 0.25) is 5.91 Å². The van der Waals surface area contributed by atoms with Crippen LogP contribution in [0.25, 0.3) is 0 Å². The van der Waals surface area contributed by atoms with Gasteiger partial charge in [0.05, 0.1) is 29.8 Å². The number of nitrogens with zero attached hydrogens (tertiary/aromatic N) is 2. The molecular formula is C23H21Cl2N3O5. The van der Waals surface area contributed by atoms with E-state index in [1.807, 2.05) is 6.92 Å². The second-order valence-corrected chi connectivity index (χ2v) is 8.08. The first-order chi connectivity index (χ1) is 15.7. The number of aryl methyl sites for hydroxylation is 1. The molecule has 1 atom stereocenters. The topological polar surface area (TPSA) is 96.0 Å². The van der Waals surface area contributed by atoms with Crippen LogP contribution in [0.15, 0.2) is 48.6 Å². The number of halogens is 2. The Bertz CT molecular complexity index is 1160. The summed E-state index contributed by atoms with van der Waals surface area (Å²) in [7, 11) is 1.43. The largest absolute Gasteiger partial charge is 0.495 e. The molecule has 0 aromatic heterocycles. The highest BCUT2D eigenvalue weighted by molar-refractivity contribution is 6.36. The van der Waals surface area contributed by atoms with E-state index in [0.29, 0.717) is 10.8 Å². The van der Waals surface area contributed by atoms with Crippen molar-refractivity contribution in [2.75, 3.05) is 12.0 Å². The van der Waals surface area contributed by atoms with Gasteiger partial charge >= 0.3 is 0 Å². The number of rotatable bonds is 5. The molecule has 1 saturated heterocycles. The lowest BCUT2D eigenvalue weighted by Crippen LogP contribution is -2.54. The Kier molecular flexibility index (Phi) is 7.40. The highest BCUT2D eigenvalue weighted by atomic mass is 35.5. The maximum Gasteiger partial charge on any atom is 0.271 e. The molecule has 0 aliphatic carbocycles. The number of ether oxygens (including phenoxy) is 1. The fourth-order valence-electron chi connectivity index (χ4n) is 3.40. The molecule has 4 amide bonds. The van der Waals surface area contributed by atoms with Gasteiger partial charge in [-0.2, -0.15) is 0 Å². The van der Waals surface area contributed by atoms with Gasteiger partial charge < -0.3 is 4.74 Å². The third kappa shape index (κ3) is 5.02. The van der Waals surface area contributed by atoms with E-state index in [4.69, 9.17) is 27.9 Å². The number of imide groups is 1. The van der Waals surface area contributed by atoms with Gasteiger partial charge in [0.15, 0.2) is 0 Å². The van der Waals surface area contributed by atoms with Gasteiger partial charge in [0.1, 0.15) is 11.8 Å². The summed E-state index contributed by atoms with van der Waals surface area (Å²) in [5, 5.41) is 1.24. The number of hydrogen-bond donors (Lipinski definition) is 1.